The van der Waals surface area contributed by atoms with Crippen LogP contribution in [-0.2, 0) is 0 Å². The summed E-state index contributed by atoms with van der Waals surface area (Å²) in [6.45, 7) is 3.45. The number of carbonyl (C=O) groups is 2. The second-order valence-corrected chi connectivity index (χ2v) is 4.46. The van der Waals surface area contributed by atoms with Crippen molar-refractivity contribution < 1.29 is 19.8 Å². The van der Waals surface area contributed by atoms with Crippen LogP contribution in [0.5, 0.6) is 0 Å². The molecule has 0 unspecified atom stereocenters. The van der Waals surface area contributed by atoms with Crippen molar-refractivity contribution in [3.05, 3.63) is 52.8 Å². The summed E-state index contributed by atoms with van der Waals surface area (Å²) >= 11 is 0. The van der Waals surface area contributed by atoms with Crippen LogP contribution >= 0.6 is 0 Å². The summed E-state index contributed by atoms with van der Waals surface area (Å²) in [6.07, 6.45) is 0. The van der Waals surface area contributed by atoms with Crippen molar-refractivity contribution in [1.29, 1.82) is 0 Å². The summed E-state index contributed by atoms with van der Waals surface area (Å²) in [7, 11) is 0. The van der Waals surface area contributed by atoms with Gasteiger partial charge in [-0.05, 0) is 37.1 Å². The Morgan fingerprint density at radius 2 is 1.70 bits per heavy atom. The number of rotatable bonds is 3. The smallest absolute Gasteiger partial charge is 0.355 e. The Bertz CT molecular complexity index is 707. The van der Waals surface area contributed by atoms with Crippen LogP contribution < -0.4 is 0 Å². The molecule has 5 nitrogen and oxygen atoms in total. The first-order valence-electron chi connectivity index (χ1n) is 5.96. The summed E-state index contributed by atoms with van der Waals surface area (Å²) in [5.41, 5.74) is 1.91. The molecule has 0 aliphatic heterocycles. The van der Waals surface area contributed by atoms with Gasteiger partial charge in [0.15, 0.2) is 5.69 Å². The van der Waals surface area contributed by atoms with Crippen LogP contribution in [0.25, 0.3) is 11.1 Å². The zero-order valence-electron chi connectivity index (χ0n) is 11.0. The lowest BCUT2D eigenvalue weighted by molar-refractivity contribution is 0.0680. The summed E-state index contributed by atoms with van der Waals surface area (Å²) in [4.78, 5) is 26.7. The lowest BCUT2D eigenvalue weighted by Gasteiger charge is -2.12. The third-order valence-electron chi connectivity index (χ3n) is 2.97. The second-order valence-electron chi connectivity index (χ2n) is 4.46. The first-order chi connectivity index (χ1) is 9.41. The normalized spacial score (nSPS) is 10.3. The van der Waals surface area contributed by atoms with Crippen molar-refractivity contribution in [1.82, 2.24) is 4.98 Å². The maximum Gasteiger partial charge on any atom is 0.355 e. The van der Waals surface area contributed by atoms with Gasteiger partial charge < -0.3 is 10.2 Å². The van der Waals surface area contributed by atoms with Crippen LogP contribution in [0.3, 0.4) is 0 Å². The highest BCUT2D eigenvalue weighted by atomic mass is 16.4. The van der Waals surface area contributed by atoms with E-state index in [1.54, 1.807) is 38.1 Å². The van der Waals surface area contributed by atoms with Gasteiger partial charge in [0.2, 0.25) is 0 Å². The average molecular weight is 271 g/mol. The van der Waals surface area contributed by atoms with Gasteiger partial charge in [-0.3, -0.25) is 0 Å². The van der Waals surface area contributed by atoms with Gasteiger partial charge in [-0.25, -0.2) is 14.6 Å². The number of nitrogens with zero attached hydrogens (tertiary/aromatic N) is 1. The molecule has 0 aliphatic rings. The van der Waals surface area contributed by atoms with E-state index in [2.05, 4.69) is 4.98 Å². The van der Waals surface area contributed by atoms with Crippen LogP contribution in [0.4, 0.5) is 0 Å². The molecule has 20 heavy (non-hydrogen) atoms. The molecule has 0 aliphatic carbocycles. The Labute approximate surface area is 115 Å². The van der Waals surface area contributed by atoms with Gasteiger partial charge in [0.25, 0.3) is 0 Å². The van der Waals surface area contributed by atoms with Gasteiger partial charge in [0.1, 0.15) is 0 Å². The molecule has 1 aromatic heterocycles. The van der Waals surface area contributed by atoms with Gasteiger partial charge in [-0.15, -0.1) is 0 Å². The lowest BCUT2D eigenvalue weighted by atomic mass is 9.94. The Kier molecular flexibility index (Phi) is 3.52. The number of carboxylic acids is 2. The van der Waals surface area contributed by atoms with Crippen molar-refractivity contribution in [3.8, 4) is 11.1 Å². The molecule has 0 atom stereocenters. The SMILES string of the molecule is Cc1cc(C)c(-c2ccccc2C(=O)O)c(C(=O)O)n1. The number of pyridine rings is 1. The minimum atomic E-state index is -1.17. The van der Waals surface area contributed by atoms with E-state index in [0.29, 0.717) is 22.4 Å². The standard InChI is InChI=1S/C15H13NO4/c1-8-7-9(2)16-13(15(19)20)12(8)10-5-3-4-6-11(10)14(17)18/h3-7H,1-2H3,(H,17,18)(H,19,20). The third kappa shape index (κ3) is 2.38. The van der Waals surface area contributed by atoms with E-state index in [4.69, 9.17) is 0 Å². The second kappa shape index (κ2) is 5.13. The van der Waals surface area contributed by atoms with E-state index in [1.807, 2.05) is 0 Å². The number of benzene rings is 1. The van der Waals surface area contributed by atoms with Crippen molar-refractivity contribution in [2.75, 3.05) is 0 Å². The zero-order chi connectivity index (χ0) is 14.9. The molecule has 0 bridgehead atoms. The molecule has 0 spiro atoms. The average Bonchev–Trinajstić information content (AvgIpc) is 2.37. The van der Waals surface area contributed by atoms with Gasteiger partial charge in [-0.2, -0.15) is 0 Å². The molecule has 0 radical (unpaired) electrons. The number of aryl methyl sites for hydroxylation is 2. The zero-order valence-corrected chi connectivity index (χ0v) is 11.0. The molecule has 2 aromatic rings. The number of aromatic carboxylic acids is 2. The van der Waals surface area contributed by atoms with Crippen LogP contribution in [0, 0.1) is 13.8 Å². The number of carboxylic acid groups (broad SMARTS) is 2. The number of aromatic nitrogens is 1. The third-order valence-corrected chi connectivity index (χ3v) is 2.97. The van der Waals surface area contributed by atoms with Gasteiger partial charge in [0.05, 0.1) is 5.56 Å². The van der Waals surface area contributed by atoms with E-state index in [0.717, 1.165) is 0 Å². The van der Waals surface area contributed by atoms with Gasteiger partial charge in [-0.1, -0.05) is 18.2 Å². The fraction of sp³-hybridized carbons (Fsp3) is 0.133. The molecule has 5 heteroatoms. The molecule has 0 amide bonds. The van der Waals surface area contributed by atoms with Crippen LogP contribution in [-0.4, -0.2) is 27.1 Å². The fourth-order valence-electron chi connectivity index (χ4n) is 2.22. The Morgan fingerprint density at radius 3 is 2.30 bits per heavy atom. The summed E-state index contributed by atoms with van der Waals surface area (Å²) < 4.78 is 0. The van der Waals surface area contributed by atoms with E-state index < -0.39 is 11.9 Å². The first-order valence-corrected chi connectivity index (χ1v) is 5.96. The molecule has 1 aromatic carbocycles. The maximum atomic E-state index is 11.4. The molecule has 0 fully saturated rings. The topological polar surface area (TPSA) is 87.5 Å². The van der Waals surface area contributed by atoms with Crippen molar-refractivity contribution in [2.24, 2.45) is 0 Å². The van der Waals surface area contributed by atoms with Gasteiger partial charge >= 0.3 is 11.9 Å². The maximum absolute atomic E-state index is 11.4. The summed E-state index contributed by atoms with van der Waals surface area (Å²) in [5, 5.41) is 18.5. The molecule has 0 saturated carbocycles. The molecule has 2 N–H and O–H groups in total. The molecule has 1 heterocycles. The minimum absolute atomic E-state index is 0.0590. The quantitative estimate of drug-likeness (QED) is 0.896. The molecule has 2 rings (SSSR count). The lowest BCUT2D eigenvalue weighted by Crippen LogP contribution is -2.09. The van der Waals surface area contributed by atoms with Crippen molar-refractivity contribution in [2.45, 2.75) is 13.8 Å². The Morgan fingerprint density at radius 1 is 1.05 bits per heavy atom. The van der Waals surface area contributed by atoms with E-state index in [9.17, 15) is 19.8 Å². The fourth-order valence-corrected chi connectivity index (χ4v) is 2.22. The molecular weight excluding hydrogens is 258 g/mol. The van der Waals surface area contributed by atoms with Crippen molar-refractivity contribution >= 4 is 11.9 Å². The highest BCUT2D eigenvalue weighted by Gasteiger charge is 2.21. The van der Waals surface area contributed by atoms with E-state index in [1.165, 1.54) is 6.07 Å². The van der Waals surface area contributed by atoms with E-state index in [-0.39, 0.29) is 11.3 Å². The minimum Gasteiger partial charge on any atom is -0.478 e. The summed E-state index contributed by atoms with van der Waals surface area (Å²) in [5.74, 6) is -2.27. The summed E-state index contributed by atoms with van der Waals surface area (Å²) in [6, 6.07) is 8.05. The highest BCUT2D eigenvalue weighted by Crippen LogP contribution is 2.30. The van der Waals surface area contributed by atoms with Crippen LogP contribution in [0.2, 0.25) is 0 Å². The first kappa shape index (κ1) is 13.7. The predicted octanol–water partition coefficient (Wildman–Crippen LogP) is 2.76. The van der Waals surface area contributed by atoms with Gasteiger partial charge in [0, 0.05) is 11.3 Å². The molecular formula is C15H13NO4. The highest BCUT2D eigenvalue weighted by molar-refractivity contribution is 6.01. The predicted molar refractivity (Wildman–Crippen MR) is 73.1 cm³/mol. The number of hydrogen-bond donors (Lipinski definition) is 2. The Hall–Kier alpha value is -2.69. The largest absolute Gasteiger partial charge is 0.478 e. The number of hydrogen-bond acceptors (Lipinski definition) is 3. The monoisotopic (exact) mass is 271 g/mol. The van der Waals surface area contributed by atoms with Crippen LogP contribution in [0.15, 0.2) is 30.3 Å². The molecule has 0 saturated heterocycles. The molecule has 102 valence electrons. The van der Waals surface area contributed by atoms with Crippen LogP contribution in [0.1, 0.15) is 32.1 Å². The van der Waals surface area contributed by atoms with Crippen molar-refractivity contribution in [3.63, 3.8) is 0 Å². The Balaban J connectivity index is 2.83. The van der Waals surface area contributed by atoms with E-state index >= 15 is 0 Å².